The van der Waals surface area contributed by atoms with E-state index in [0.29, 0.717) is 25.9 Å². The summed E-state index contributed by atoms with van der Waals surface area (Å²) >= 11 is 6.80. The van der Waals surface area contributed by atoms with Gasteiger partial charge in [0, 0.05) is 16.5 Å². The summed E-state index contributed by atoms with van der Waals surface area (Å²) in [7, 11) is 1.93. The molecule has 1 amide bonds. The van der Waals surface area contributed by atoms with E-state index in [0.717, 1.165) is 11.9 Å². The fraction of sp³-hybridized carbons (Fsp3) is 0.529. The molecule has 7 nitrogen and oxygen atoms in total. The first-order valence-corrected chi connectivity index (χ1v) is 9.47. The zero-order chi connectivity index (χ0) is 19.4. The molecule has 1 aliphatic rings. The summed E-state index contributed by atoms with van der Waals surface area (Å²) in [5, 5.41) is 13.0. The van der Waals surface area contributed by atoms with Crippen LogP contribution in [0.15, 0.2) is 28.8 Å². The van der Waals surface area contributed by atoms with Crippen LogP contribution < -0.4 is 5.32 Å². The van der Waals surface area contributed by atoms with E-state index in [4.69, 9.17) is 11.6 Å². The molecule has 1 aliphatic heterocycles. The van der Waals surface area contributed by atoms with Crippen LogP contribution in [0.2, 0.25) is 5.02 Å². The van der Waals surface area contributed by atoms with Crippen LogP contribution in [0.1, 0.15) is 36.5 Å². The number of carbonyl (C=O) groups is 2. The maximum Gasteiger partial charge on any atom is 0.330 e. The van der Waals surface area contributed by atoms with Gasteiger partial charge in [-0.3, -0.25) is 4.79 Å². The number of halogens is 1. The van der Waals surface area contributed by atoms with Gasteiger partial charge in [-0.05, 0) is 51.5 Å². The molecule has 1 aromatic rings. The van der Waals surface area contributed by atoms with Gasteiger partial charge in [0.05, 0.1) is 15.3 Å². The Labute approximate surface area is 161 Å². The zero-order valence-corrected chi connectivity index (χ0v) is 16.3. The number of hydrogen-bond donors (Lipinski definition) is 2. The van der Waals surface area contributed by atoms with Gasteiger partial charge in [-0.2, -0.15) is 0 Å². The van der Waals surface area contributed by atoms with Crippen LogP contribution in [0.4, 0.5) is 0 Å². The highest BCUT2D eigenvalue weighted by molar-refractivity contribution is 7.99. The Bertz CT molecular complexity index is 694. The summed E-state index contributed by atoms with van der Waals surface area (Å²) in [4.78, 5) is 38.3. The molecule has 1 atom stereocenters. The third-order valence-electron chi connectivity index (χ3n) is 5.13. The van der Waals surface area contributed by atoms with Crippen molar-refractivity contribution in [2.24, 2.45) is 4.58 Å². The maximum absolute atomic E-state index is 12.8. The third kappa shape index (κ3) is 3.72. The Morgan fingerprint density at radius 2 is 2.00 bits per heavy atom. The highest BCUT2D eigenvalue weighted by atomic mass is 35.5. The van der Waals surface area contributed by atoms with Crippen molar-refractivity contribution in [2.75, 3.05) is 20.1 Å². The summed E-state index contributed by atoms with van der Waals surface area (Å²) in [6, 6.07) is 6.44. The Hall–Kier alpha value is -1.64. The fourth-order valence-corrected chi connectivity index (χ4v) is 4.65. The van der Waals surface area contributed by atoms with Crippen molar-refractivity contribution in [3.63, 3.8) is 0 Å². The lowest BCUT2D eigenvalue weighted by Gasteiger charge is -2.49. The van der Waals surface area contributed by atoms with Crippen molar-refractivity contribution in [1.29, 1.82) is 0 Å². The van der Waals surface area contributed by atoms with Gasteiger partial charge in [-0.15, -0.1) is 4.91 Å². The number of amides is 1. The number of benzene rings is 1. The second-order valence-corrected chi connectivity index (χ2v) is 7.98. The fourth-order valence-electron chi connectivity index (χ4n) is 3.48. The van der Waals surface area contributed by atoms with Crippen LogP contribution in [0.5, 0.6) is 0 Å². The molecule has 0 aliphatic carbocycles. The number of rotatable bonds is 7. The number of carbonyl (C=O) groups excluding carboxylic acids is 1. The van der Waals surface area contributed by atoms with E-state index in [2.05, 4.69) is 14.8 Å². The van der Waals surface area contributed by atoms with Gasteiger partial charge < -0.3 is 15.3 Å². The van der Waals surface area contributed by atoms with E-state index in [1.165, 1.54) is 6.07 Å². The highest BCUT2D eigenvalue weighted by Crippen LogP contribution is 2.47. The van der Waals surface area contributed by atoms with Crippen molar-refractivity contribution in [2.45, 2.75) is 36.5 Å². The molecule has 26 heavy (non-hydrogen) atoms. The van der Waals surface area contributed by atoms with Crippen LogP contribution in [0, 0.1) is 4.91 Å². The van der Waals surface area contributed by atoms with Gasteiger partial charge in [0.1, 0.15) is 0 Å². The molecule has 1 heterocycles. The lowest BCUT2D eigenvalue weighted by molar-refractivity contribution is -0.147. The van der Waals surface area contributed by atoms with E-state index in [1.807, 2.05) is 7.05 Å². The highest BCUT2D eigenvalue weighted by Gasteiger charge is 2.59. The number of carboxylic acids is 1. The lowest BCUT2D eigenvalue weighted by Crippen LogP contribution is -2.69. The van der Waals surface area contributed by atoms with E-state index in [9.17, 15) is 19.6 Å². The summed E-state index contributed by atoms with van der Waals surface area (Å²) < 4.78 is 1.93. The molecule has 0 aromatic heterocycles. The molecule has 0 radical (unpaired) electrons. The van der Waals surface area contributed by atoms with Crippen LogP contribution >= 0.6 is 23.5 Å². The molecule has 1 fully saturated rings. The molecular weight excluding hydrogens is 378 g/mol. The zero-order valence-electron chi connectivity index (χ0n) is 14.7. The number of nitrogens with one attached hydrogen (secondary N) is 1. The molecule has 142 valence electrons. The van der Waals surface area contributed by atoms with Crippen molar-refractivity contribution in [3.05, 3.63) is 39.8 Å². The predicted octanol–water partition coefficient (Wildman–Crippen LogP) is 3.18. The molecule has 0 bridgehead atoms. The normalized spacial score (nSPS) is 19.3. The molecular formula is C17H22ClN3O4S. The number of hydrogen-bond acceptors (Lipinski definition) is 6. The Kier molecular flexibility index (Phi) is 6.65. The number of aliphatic carboxylic acids is 1. The first-order valence-electron chi connectivity index (χ1n) is 8.31. The minimum Gasteiger partial charge on any atom is -0.479 e. The van der Waals surface area contributed by atoms with Gasteiger partial charge in [-0.25, -0.2) is 4.79 Å². The smallest absolute Gasteiger partial charge is 0.330 e. The van der Waals surface area contributed by atoms with E-state index >= 15 is 0 Å². The predicted molar refractivity (Wildman–Crippen MR) is 102 cm³/mol. The second kappa shape index (κ2) is 8.37. The second-order valence-electron chi connectivity index (χ2n) is 6.46. The first kappa shape index (κ1) is 20.7. The largest absolute Gasteiger partial charge is 0.479 e. The Balaban J connectivity index is 2.46. The van der Waals surface area contributed by atoms with E-state index < -0.39 is 22.2 Å². The average Bonchev–Trinajstić information content (AvgIpc) is 2.62. The van der Waals surface area contributed by atoms with Crippen molar-refractivity contribution >= 4 is 35.4 Å². The minimum absolute atomic E-state index is 0.116. The monoisotopic (exact) mass is 399 g/mol. The van der Waals surface area contributed by atoms with Gasteiger partial charge in [0.2, 0.25) is 0 Å². The SMILES string of the molecule is CCC(NC(=O)c1ccccc1Cl)(C(=O)O)C1(SN=O)CCN(C)CC1. The molecule has 2 rings (SSSR count). The number of likely N-dealkylation sites (tertiary alicyclic amines) is 1. The average molecular weight is 400 g/mol. The molecule has 0 spiro atoms. The topological polar surface area (TPSA) is 99.1 Å². The van der Waals surface area contributed by atoms with Crippen LogP contribution in [-0.4, -0.2) is 52.3 Å². The van der Waals surface area contributed by atoms with Crippen molar-refractivity contribution in [1.82, 2.24) is 10.2 Å². The maximum atomic E-state index is 12.8. The summed E-state index contributed by atoms with van der Waals surface area (Å²) in [5.41, 5.74) is -1.44. The quantitative estimate of drug-likeness (QED) is 0.539. The van der Waals surface area contributed by atoms with E-state index in [1.54, 1.807) is 25.1 Å². The van der Waals surface area contributed by atoms with E-state index in [-0.39, 0.29) is 17.0 Å². The van der Waals surface area contributed by atoms with Crippen LogP contribution in [-0.2, 0) is 4.79 Å². The van der Waals surface area contributed by atoms with Gasteiger partial charge in [0.15, 0.2) is 5.54 Å². The Morgan fingerprint density at radius 3 is 2.50 bits per heavy atom. The number of nitroso groups, excluding NO2 is 1. The summed E-state index contributed by atoms with van der Waals surface area (Å²) in [6.45, 7) is 2.91. The van der Waals surface area contributed by atoms with Crippen LogP contribution in [0.25, 0.3) is 0 Å². The van der Waals surface area contributed by atoms with Crippen molar-refractivity contribution < 1.29 is 14.7 Å². The van der Waals surface area contributed by atoms with Gasteiger partial charge in [-0.1, -0.05) is 30.7 Å². The van der Waals surface area contributed by atoms with Crippen molar-refractivity contribution in [3.8, 4) is 0 Å². The molecule has 1 aromatic carbocycles. The summed E-state index contributed by atoms with van der Waals surface area (Å²) in [5.74, 6) is -1.76. The van der Waals surface area contributed by atoms with Gasteiger partial charge in [0.25, 0.3) is 5.91 Å². The molecule has 1 saturated heterocycles. The minimum atomic E-state index is -1.64. The molecule has 1 unspecified atom stereocenters. The lowest BCUT2D eigenvalue weighted by atomic mass is 9.74. The third-order valence-corrected chi connectivity index (χ3v) is 6.64. The number of carboxylic acid groups (broad SMARTS) is 1. The summed E-state index contributed by atoms with van der Waals surface area (Å²) in [6.07, 6.45) is 0.955. The Morgan fingerprint density at radius 1 is 1.38 bits per heavy atom. The van der Waals surface area contributed by atoms with Gasteiger partial charge >= 0.3 is 5.97 Å². The van der Waals surface area contributed by atoms with Crippen LogP contribution in [0.3, 0.4) is 0 Å². The standard InChI is InChI=1S/C17H22ClN3O4S/c1-3-17(15(23)24,16(26-20-25)8-10-21(2)11-9-16)19-14(22)12-6-4-5-7-13(12)18/h4-7H,3,8-11H2,1-2H3,(H,19,22)(H,23,24). The number of nitrogens with zero attached hydrogens (tertiary/aromatic N) is 2. The molecule has 9 heteroatoms. The molecule has 0 saturated carbocycles. The number of piperidine rings is 1. The first-order chi connectivity index (χ1) is 12.3. The molecule has 2 N–H and O–H groups in total.